The molecule has 2 rings (SSSR count). The van der Waals surface area contributed by atoms with E-state index in [9.17, 15) is 4.79 Å². The Morgan fingerprint density at radius 1 is 1.63 bits per heavy atom. The highest BCUT2D eigenvalue weighted by atomic mass is 79.9. The molecule has 0 fully saturated rings. The number of rotatable bonds is 6. The van der Waals surface area contributed by atoms with Crippen molar-refractivity contribution >= 4 is 39.0 Å². The molecule has 5 nitrogen and oxygen atoms in total. The van der Waals surface area contributed by atoms with Gasteiger partial charge in [0.2, 0.25) is 0 Å². The molecular weight excluding hydrogens is 348 g/mol. The van der Waals surface area contributed by atoms with E-state index in [1.807, 2.05) is 19.1 Å². The van der Waals surface area contributed by atoms with E-state index >= 15 is 0 Å². The Morgan fingerprint density at radius 3 is 3.00 bits per heavy atom. The molecule has 104 valence electrons. The molecule has 0 bridgehead atoms. The zero-order valence-electron chi connectivity index (χ0n) is 10.4. The van der Waals surface area contributed by atoms with Gasteiger partial charge in [-0.25, -0.2) is 9.89 Å². The number of thioether (sulfide) groups is 1. The number of H-pyrrole nitrogens is 1. The minimum Gasteiger partial charge on any atom is -0.329 e. The summed E-state index contributed by atoms with van der Waals surface area (Å²) in [4.78, 5) is 12.8. The minimum atomic E-state index is -0.160. The third kappa shape index (κ3) is 3.50. The Morgan fingerprint density at radius 2 is 2.42 bits per heavy atom. The van der Waals surface area contributed by atoms with Gasteiger partial charge in [-0.3, -0.25) is 4.57 Å². The molecule has 0 amide bonds. The second-order valence-corrected chi connectivity index (χ2v) is 7.61. The number of halogens is 1. The Kier molecular flexibility index (Phi) is 5.26. The van der Waals surface area contributed by atoms with Gasteiger partial charge in [-0.15, -0.1) is 16.4 Å². The Balaban J connectivity index is 2.21. The number of nitrogens with one attached hydrogen (secondary N) is 1. The zero-order valence-corrected chi connectivity index (χ0v) is 13.6. The van der Waals surface area contributed by atoms with Crippen LogP contribution in [0.4, 0.5) is 0 Å². The van der Waals surface area contributed by atoms with E-state index in [1.165, 1.54) is 16.6 Å². The van der Waals surface area contributed by atoms with Crippen molar-refractivity contribution in [3.8, 4) is 0 Å². The zero-order chi connectivity index (χ0) is 13.8. The molecule has 2 aromatic heterocycles. The summed E-state index contributed by atoms with van der Waals surface area (Å²) >= 11 is 6.63. The van der Waals surface area contributed by atoms with E-state index in [-0.39, 0.29) is 10.9 Å². The summed E-state index contributed by atoms with van der Waals surface area (Å²) in [6, 6.07) is 4.06. The lowest BCUT2D eigenvalue weighted by molar-refractivity contribution is 0.603. The average Bonchev–Trinajstić information content (AvgIpc) is 2.96. The lowest BCUT2D eigenvalue weighted by atomic mass is 10.3. The Labute approximate surface area is 127 Å². The summed E-state index contributed by atoms with van der Waals surface area (Å²) in [5, 5.41) is 7.39. The van der Waals surface area contributed by atoms with Crippen molar-refractivity contribution in [2.75, 3.05) is 6.54 Å². The van der Waals surface area contributed by atoms with Crippen LogP contribution in [0.2, 0.25) is 0 Å². The van der Waals surface area contributed by atoms with E-state index in [2.05, 4.69) is 26.1 Å². The van der Waals surface area contributed by atoms with Gasteiger partial charge in [0, 0.05) is 18.0 Å². The second kappa shape index (κ2) is 6.74. The molecule has 0 aliphatic rings. The van der Waals surface area contributed by atoms with Gasteiger partial charge in [0.05, 0.1) is 9.04 Å². The minimum absolute atomic E-state index is 0.113. The summed E-state index contributed by atoms with van der Waals surface area (Å²) in [7, 11) is 0. The molecule has 2 aromatic rings. The van der Waals surface area contributed by atoms with Crippen molar-refractivity contribution in [2.24, 2.45) is 5.73 Å². The first-order chi connectivity index (χ1) is 9.15. The SMILES string of the molecule is CCCn1c(SC(CN)c2ccc(Br)s2)n[nH]c1=O. The monoisotopic (exact) mass is 362 g/mol. The largest absolute Gasteiger partial charge is 0.343 e. The van der Waals surface area contributed by atoms with E-state index < -0.39 is 0 Å². The predicted molar refractivity (Wildman–Crippen MR) is 82.8 cm³/mol. The number of nitrogens with zero attached hydrogens (tertiary/aromatic N) is 2. The van der Waals surface area contributed by atoms with Gasteiger partial charge in [-0.05, 0) is 34.5 Å². The Bertz CT molecular complexity index is 592. The normalized spacial score (nSPS) is 12.8. The van der Waals surface area contributed by atoms with Crippen LogP contribution in [0.5, 0.6) is 0 Å². The number of thiophene rings is 1. The smallest absolute Gasteiger partial charge is 0.329 e. The van der Waals surface area contributed by atoms with Crippen molar-refractivity contribution in [3.05, 3.63) is 31.3 Å². The molecule has 0 saturated carbocycles. The molecule has 0 aliphatic heterocycles. The maximum Gasteiger partial charge on any atom is 0.343 e. The summed E-state index contributed by atoms with van der Waals surface area (Å²) in [5.74, 6) is 0. The van der Waals surface area contributed by atoms with Gasteiger partial charge in [0.1, 0.15) is 0 Å². The highest BCUT2D eigenvalue weighted by Gasteiger charge is 2.18. The van der Waals surface area contributed by atoms with Crippen molar-refractivity contribution in [3.63, 3.8) is 0 Å². The van der Waals surface area contributed by atoms with Crippen LogP contribution in [0.1, 0.15) is 23.5 Å². The van der Waals surface area contributed by atoms with Gasteiger partial charge in [0.25, 0.3) is 0 Å². The van der Waals surface area contributed by atoms with E-state index in [1.54, 1.807) is 15.9 Å². The van der Waals surface area contributed by atoms with Crippen LogP contribution < -0.4 is 11.4 Å². The molecule has 19 heavy (non-hydrogen) atoms. The van der Waals surface area contributed by atoms with E-state index in [4.69, 9.17) is 5.73 Å². The molecule has 1 unspecified atom stereocenters. The fourth-order valence-electron chi connectivity index (χ4n) is 1.66. The van der Waals surface area contributed by atoms with Gasteiger partial charge in [-0.2, -0.15) is 0 Å². The summed E-state index contributed by atoms with van der Waals surface area (Å²) in [6.45, 7) is 3.21. The first-order valence-corrected chi connectivity index (χ1v) is 8.41. The molecule has 8 heteroatoms. The molecular formula is C11H15BrN4OS2. The van der Waals surface area contributed by atoms with Gasteiger partial charge in [0.15, 0.2) is 5.16 Å². The number of hydrogen-bond acceptors (Lipinski definition) is 5. The maximum atomic E-state index is 11.6. The second-order valence-electron chi connectivity index (χ2n) is 3.95. The topological polar surface area (TPSA) is 76.7 Å². The predicted octanol–water partition coefficient (Wildman–Crippen LogP) is 2.60. The molecule has 2 heterocycles. The van der Waals surface area contributed by atoms with Crippen molar-refractivity contribution in [2.45, 2.75) is 30.3 Å². The maximum absolute atomic E-state index is 11.6. The van der Waals surface area contributed by atoms with Crippen LogP contribution >= 0.6 is 39.0 Å². The van der Waals surface area contributed by atoms with Crippen LogP contribution in [0.15, 0.2) is 25.9 Å². The van der Waals surface area contributed by atoms with Crippen LogP contribution in [0.25, 0.3) is 0 Å². The van der Waals surface area contributed by atoms with Crippen LogP contribution in [-0.2, 0) is 6.54 Å². The molecule has 0 radical (unpaired) electrons. The summed E-state index contributed by atoms with van der Waals surface area (Å²) in [6.07, 6.45) is 0.894. The molecule has 0 spiro atoms. The Hall–Kier alpha value is -0.570. The number of nitrogens with two attached hydrogens (primary N) is 1. The van der Waals surface area contributed by atoms with Crippen molar-refractivity contribution < 1.29 is 0 Å². The van der Waals surface area contributed by atoms with E-state index in [0.29, 0.717) is 18.2 Å². The quantitative estimate of drug-likeness (QED) is 0.774. The first-order valence-electron chi connectivity index (χ1n) is 5.92. The molecule has 0 aliphatic carbocycles. The standard InChI is InChI=1S/C11H15BrN4OS2/c1-2-5-16-10(17)14-15-11(16)19-8(6-13)7-3-4-9(12)18-7/h3-4,8H,2,5-6,13H2,1H3,(H,14,17). The van der Waals surface area contributed by atoms with Crippen LogP contribution in [0, 0.1) is 0 Å². The van der Waals surface area contributed by atoms with Gasteiger partial charge < -0.3 is 5.73 Å². The molecule has 3 N–H and O–H groups in total. The number of aromatic nitrogens is 3. The van der Waals surface area contributed by atoms with Crippen LogP contribution in [0.3, 0.4) is 0 Å². The third-order valence-electron chi connectivity index (χ3n) is 2.54. The highest BCUT2D eigenvalue weighted by molar-refractivity contribution is 9.11. The van der Waals surface area contributed by atoms with Crippen LogP contribution in [-0.4, -0.2) is 21.3 Å². The fourth-order valence-corrected chi connectivity index (χ4v) is 4.32. The third-order valence-corrected chi connectivity index (χ3v) is 5.68. The highest BCUT2D eigenvalue weighted by Crippen LogP contribution is 2.37. The molecule has 0 aromatic carbocycles. The number of aromatic amines is 1. The van der Waals surface area contributed by atoms with Crippen molar-refractivity contribution in [1.29, 1.82) is 0 Å². The lowest BCUT2D eigenvalue weighted by Gasteiger charge is -2.12. The van der Waals surface area contributed by atoms with E-state index in [0.717, 1.165) is 10.2 Å². The van der Waals surface area contributed by atoms with Gasteiger partial charge in [-0.1, -0.05) is 18.7 Å². The average molecular weight is 363 g/mol. The number of hydrogen-bond donors (Lipinski definition) is 2. The molecule has 1 atom stereocenters. The first kappa shape index (κ1) is 14.8. The summed E-state index contributed by atoms with van der Waals surface area (Å²) < 4.78 is 2.74. The molecule has 0 saturated heterocycles. The van der Waals surface area contributed by atoms with Gasteiger partial charge >= 0.3 is 5.69 Å². The summed E-state index contributed by atoms with van der Waals surface area (Å²) in [5.41, 5.74) is 5.68. The fraction of sp³-hybridized carbons (Fsp3) is 0.455. The lowest BCUT2D eigenvalue weighted by Crippen LogP contribution is -2.18. The van der Waals surface area contributed by atoms with Crippen molar-refractivity contribution in [1.82, 2.24) is 14.8 Å².